The first-order chi connectivity index (χ1) is 15.3. The molecule has 0 aliphatic carbocycles. The van der Waals surface area contributed by atoms with E-state index in [0.717, 1.165) is 5.56 Å². The van der Waals surface area contributed by atoms with Gasteiger partial charge in [0.05, 0.1) is 11.4 Å². The summed E-state index contributed by atoms with van der Waals surface area (Å²) >= 11 is 0. The lowest BCUT2D eigenvalue weighted by Crippen LogP contribution is -2.40. The van der Waals surface area contributed by atoms with Crippen LogP contribution in [0.25, 0.3) is 0 Å². The summed E-state index contributed by atoms with van der Waals surface area (Å²) in [6, 6.07) is 19.0. The average Bonchev–Trinajstić information content (AvgIpc) is 2.77. The predicted octanol–water partition coefficient (Wildman–Crippen LogP) is 3.67. The smallest absolute Gasteiger partial charge is 0.262 e. The highest BCUT2D eigenvalue weighted by Gasteiger charge is 2.23. The third-order valence-electron chi connectivity index (χ3n) is 5.07. The van der Waals surface area contributed by atoms with Gasteiger partial charge in [-0.15, -0.1) is 0 Å². The third kappa shape index (κ3) is 4.86. The second kappa shape index (κ2) is 8.92. The van der Waals surface area contributed by atoms with Gasteiger partial charge in [0.1, 0.15) is 12.7 Å². The van der Waals surface area contributed by atoms with Crippen LogP contribution in [-0.2, 0) is 10.0 Å². The molecular weight excluding hydrogens is 428 g/mol. The van der Waals surface area contributed by atoms with Crippen molar-refractivity contribution in [3.63, 3.8) is 0 Å². The SMILES string of the molecule is Cc1cccc(NS(=O)(=O)c2cc(C(=O)NCC3COc4ccccc4O3)ccc2C)c1. The number of hydrogen-bond acceptors (Lipinski definition) is 5. The molecule has 4 rings (SSSR count). The normalized spacial score (nSPS) is 15.1. The topological polar surface area (TPSA) is 93.7 Å². The summed E-state index contributed by atoms with van der Waals surface area (Å²) in [5, 5.41) is 2.80. The maximum absolute atomic E-state index is 13.0. The minimum Gasteiger partial charge on any atom is -0.486 e. The van der Waals surface area contributed by atoms with E-state index in [2.05, 4.69) is 10.0 Å². The molecule has 166 valence electrons. The average molecular weight is 453 g/mol. The molecule has 0 saturated carbocycles. The van der Waals surface area contributed by atoms with Crippen LogP contribution in [0.4, 0.5) is 5.69 Å². The quantitative estimate of drug-likeness (QED) is 0.595. The second-order valence-electron chi connectivity index (χ2n) is 7.66. The van der Waals surface area contributed by atoms with Gasteiger partial charge in [-0.2, -0.15) is 0 Å². The molecule has 0 radical (unpaired) electrons. The van der Waals surface area contributed by atoms with Crippen LogP contribution < -0.4 is 19.5 Å². The van der Waals surface area contributed by atoms with Crippen molar-refractivity contribution in [3.8, 4) is 11.5 Å². The van der Waals surface area contributed by atoms with Gasteiger partial charge in [-0.05, 0) is 61.4 Å². The fourth-order valence-electron chi connectivity index (χ4n) is 3.42. The zero-order valence-electron chi connectivity index (χ0n) is 17.8. The van der Waals surface area contributed by atoms with E-state index in [4.69, 9.17) is 9.47 Å². The van der Waals surface area contributed by atoms with E-state index in [0.29, 0.717) is 29.4 Å². The predicted molar refractivity (Wildman–Crippen MR) is 122 cm³/mol. The first kappa shape index (κ1) is 21.7. The van der Waals surface area contributed by atoms with Crippen LogP contribution in [0.5, 0.6) is 11.5 Å². The molecule has 2 N–H and O–H groups in total. The minimum absolute atomic E-state index is 0.0535. The molecule has 1 heterocycles. The molecule has 1 aliphatic rings. The molecule has 3 aromatic carbocycles. The van der Waals surface area contributed by atoms with E-state index in [9.17, 15) is 13.2 Å². The Morgan fingerprint density at radius 2 is 1.78 bits per heavy atom. The number of carbonyl (C=O) groups is 1. The van der Waals surface area contributed by atoms with Gasteiger partial charge in [-0.1, -0.05) is 30.3 Å². The number of ether oxygens (including phenoxy) is 2. The Hall–Kier alpha value is -3.52. The lowest BCUT2D eigenvalue weighted by Gasteiger charge is -2.26. The summed E-state index contributed by atoms with van der Waals surface area (Å²) in [5.74, 6) is 0.910. The van der Waals surface area contributed by atoms with E-state index >= 15 is 0 Å². The van der Waals surface area contributed by atoms with Gasteiger partial charge in [-0.3, -0.25) is 9.52 Å². The molecule has 0 saturated heterocycles. The molecule has 8 heteroatoms. The summed E-state index contributed by atoms with van der Waals surface area (Å²) in [5.41, 5.74) is 2.19. The van der Waals surface area contributed by atoms with Crippen molar-refractivity contribution in [2.45, 2.75) is 24.8 Å². The summed E-state index contributed by atoms with van der Waals surface area (Å²) in [4.78, 5) is 12.8. The number of amides is 1. The molecule has 0 fully saturated rings. The van der Waals surface area contributed by atoms with Gasteiger partial charge >= 0.3 is 0 Å². The van der Waals surface area contributed by atoms with E-state index in [-0.39, 0.29) is 29.0 Å². The van der Waals surface area contributed by atoms with Gasteiger partial charge in [0.2, 0.25) is 0 Å². The van der Waals surface area contributed by atoms with Gasteiger partial charge in [0.25, 0.3) is 15.9 Å². The van der Waals surface area contributed by atoms with Crippen LogP contribution in [0.3, 0.4) is 0 Å². The highest BCUT2D eigenvalue weighted by Crippen LogP contribution is 2.30. The number of benzene rings is 3. The number of hydrogen-bond donors (Lipinski definition) is 2. The highest BCUT2D eigenvalue weighted by molar-refractivity contribution is 7.92. The van der Waals surface area contributed by atoms with Crippen molar-refractivity contribution in [2.24, 2.45) is 0 Å². The van der Waals surface area contributed by atoms with Crippen LogP contribution in [0.1, 0.15) is 21.5 Å². The fraction of sp³-hybridized carbons (Fsp3) is 0.208. The molecule has 32 heavy (non-hydrogen) atoms. The van der Waals surface area contributed by atoms with Crippen molar-refractivity contribution in [3.05, 3.63) is 83.4 Å². The number of nitrogens with one attached hydrogen (secondary N) is 2. The van der Waals surface area contributed by atoms with Crippen LogP contribution in [-0.4, -0.2) is 33.6 Å². The van der Waals surface area contributed by atoms with E-state index < -0.39 is 10.0 Å². The lowest BCUT2D eigenvalue weighted by atomic mass is 10.1. The van der Waals surface area contributed by atoms with Crippen LogP contribution >= 0.6 is 0 Å². The van der Waals surface area contributed by atoms with E-state index in [1.54, 1.807) is 37.3 Å². The Kier molecular flexibility index (Phi) is 6.05. The number of para-hydroxylation sites is 2. The maximum Gasteiger partial charge on any atom is 0.262 e. The highest BCUT2D eigenvalue weighted by atomic mass is 32.2. The summed E-state index contributed by atoms with van der Waals surface area (Å²) in [6.45, 7) is 4.11. The number of rotatable bonds is 6. The molecule has 1 unspecified atom stereocenters. The van der Waals surface area contributed by atoms with Crippen LogP contribution in [0.2, 0.25) is 0 Å². The van der Waals surface area contributed by atoms with Crippen molar-refractivity contribution < 1.29 is 22.7 Å². The molecule has 1 aliphatic heterocycles. The van der Waals surface area contributed by atoms with Crippen molar-refractivity contribution >= 4 is 21.6 Å². The molecule has 0 spiro atoms. The standard InChI is InChI=1S/C24H24N2O5S/c1-16-6-5-7-19(12-16)26-32(28,29)23-13-18(11-10-17(23)2)24(27)25-14-20-15-30-21-8-3-4-9-22(21)31-20/h3-13,20,26H,14-15H2,1-2H3,(H,25,27). The first-order valence-electron chi connectivity index (χ1n) is 10.2. The van der Waals surface area contributed by atoms with Gasteiger partial charge < -0.3 is 14.8 Å². The molecule has 0 aromatic heterocycles. The molecule has 3 aromatic rings. The Balaban J connectivity index is 1.45. The molecule has 7 nitrogen and oxygen atoms in total. The van der Waals surface area contributed by atoms with Gasteiger partial charge in [-0.25, -0.2) is 8.42 Å². The first-order valence-corrected chi connectivity index (χ1v) is 11.7. The summed E-state index contributed by atoms with van der Waals surface area (Å²) in [6.07, 6.45) is -0.342. The van der Waals surface area contributed by atoms with Crippen molar-refractivity contribution in [1.29, 1.82) is 0 Å². The number of carbonyl (C=O) groups excluding carboxylic acids is 1. The van der Waals surface area contributed by atoms with Crippen molar-refractivity contribution in [1.82, 2.24) is 5.32 Å². The van der Waals surface area contributed by atoms with Crippen LogP contribution in [0.15, 0.2) is 71.6 Å². The van der Waals surface area contributed by atoms with Crippen molar-refractivity contribution in [2.75, 3.05) is 17.9 Å². The Labute approximate surface area is 187 Å². The Bertz CT molecular complexity index is 1260. The Morgan fingerprint density at radius 1 is 1.00 bits per heavy atom. The number of fused-ring (bicyclic) bond motifs is 1. The number of aryl methyl sites for hydroxylation is 2. The number of sulfonamides is 1. The number of anilines is 1. The van der Waals surface area contributed by atoms with Gasteiger partial charge in [0, 0.05) is 11.3 Å². The molecule has 0 bridgehead atoms. The lowest BCUT2D eigenvalue weighted by molar-refractivity contribution is 0.0789. The third-order valence-corrected chi connectivity index (χ3v) is 6.59. The minimum atomic E-state index is -3.86. The zero-order valence-corrected chi connectivity index (χ0v) is 18.6. The summed E-state index contributed by atoms with van der Waals surface area (Å²) in [7, 11) is -3.86. The van der Waals surface area contributed by atoms with E-state index in [1.807, 2.05) is 37.3 Å². The largest absolute Gasteiger partial charge is 0.486 e. The fourth-order valence-corrected chi connectivity index (χ4v) is 4.74. The monoisotopic (exact) mass is 452 g/mol. The summed E-state index contributed by atoms with van der Waals surface area (Å²) < 4.78 is 40.0. The molecule has 1 atom stereocenters. The Morgan fingerprint density at radius 3 is 2.56 bits per heavy atom. The van der Waals surface area contributed by atoms with E-state index in [1.165, 1.54) is 6.07 Å². The van der Waals surface area contributed by atoms with Gasteiger partial charge in [0.15, 0.2) is 11.5 Å². The maximum atomic E-state index is 13.0. The molecular formula is C24H24N2O5S. The zero-order chi connectivity index (χ0) is 22.7. The second-order valence-corrected chi connectivity index (χ2v) is 9.31. The van der Waals surface area contributed by atoms with Crippen LogP contribution in [0, 0.1) is 13.8 Å². The molecule has 1 amide bonds.